The van der Waals surface area contributed by atoms with E-state index < -0.39 is 0 Å². The molecule has 0 saturated heterocycles. The van der Waals surface area contributed by atoms with Crippen LogP contribution in [0, 0.1) is 6.92 Å². The summed E-state index contributed by atoms with van der Waals surface area (Å²) in [6, 6.07) is 6.76. The molecule has 2 N–H and O–H groups in total. The third-order valence-corrected chi connectivity index (χ3v) is 2.45. The van der Waals surface area contributed by atoms with Crippen LogP contribution in [0.5, 0.6) is 5.75 Å². The summed E-state index contributed by atoms with van der Waals surface area (Å²) in [5, 5.41) is 12.2. The maximum Gasteiger partial charge on any atom is 0.224 e. The maximum atomic E-state index is 11.7. The van der Waals surface area contributed by atoms with Crippen LogP contribution in [0.25, 0.3) is 0 Å². The van der Waals surface area contributed by atoms with Gasteiger partial charge in [0.25, 0.3) is 0 Å². The highest BCUT2D eigenvalue weighted by atomic mass is 16.4. The minimum absolute atomic E-state index is 0.125. The average Bonchev–Trinajstić information content (AvgIpc) is 2.76. The van der Waals surface area contributed by atoms with Crippen LogP contribution in [-0.4, -0.2) is 16.0 Å². The molecule has 0 atom stereocenters. The van der Waals surface area contributed by atoms with Gasteiger partial charge in [0.15, 0.2) is 0 Å². The van der Waals surface area contributed by atoms with Crippen LogP contribution < -0.4 is 5.32 Å². The summed E-state index contributed by atoms with van der Waals surface area (Å²) in [6.45, 7) is 2.04. The molecule has 0 radical (unpaired) electrons. The van der Waals surface area contributed by atoms with E-state index in [0.29, 0.717) is 17.2 Å². The summed E-state index contributed by atoms with van der Waals surface area (Å²) in [6.07, 6.45) is 1.73. The highest BCUT2D eigenvalue weighted by Gasteiger charge is 2.08. The van der Waals surface area contributed by atoms with E-state index in [2.05, 4.69) is 10.3 Å². The number of hydrogen-bond donors (Lipinski definition) is 2. The van der Waals surface area contributed by atoms with Crippen molar-refractivity contribution in [1.29, 1.82) is 0 Å². The second-order valence-corrected chi connectivity index (χ2v) is 3.95. The molecule has 18 heavy (non-hydrogen) atoms. The number of nitrogens with zero attached hydrogens (tertiary/aromatic N) is 1. The van der Waals surface area contributed by atoms with Gasteiger partial charge in [-0.2, -0.15) is 0 Å². The molecule has 5 heteroatoms. The predicted octanol–water partition coefficient (Wildman–Crippen LogP) is 1.55. The van der Waals surface area contributed by atoms with Crippen LogP contribution in [0.3, 0.4) is 0 Å². The Morgan fingerprint density at radius 1 is 1.44 bits per heavy atom. The lowest BCUT2D eigenvalue weighted by molar-refractivity contribution is -0.120. The summed E-state index contributed by atoms with van der Waals surface area (Å²) >= 11 is 0. The maximum absolute atomic E-state index is 11.7. The lowest BCUT2D eigenvalue weighted by Crippen LogP contribution is -2.24. The highest BCUT2D eigenvalue weighted by Crippen LogP contribution is 2.15. The molecule has 1 aromatic heterocycles. The zero-order chi connectivity index (χ0) is 13.0. The molecule has 1 aromatic carbocycles. The molecule has 0 unspecified atom stereocenters. The van der Waals surface area contributed by atoms with Gasteiger partial charge in [-0.25, -0.2) is 4.98 Å². The minimum atomic E-state index is -0.188. The van der Waals surface area contributed by atoms with Crippen molar-refractivity contribution in [3.8, 4) is 5.75 Å². The third kappa shape index (κ3) is 3.10. The molecule has 2 aromatic rings. The largest absolute Gasteiger partial charge is 0.508 e. The molecule has 2 rings (SSSR count). The first-order valence-electron chi connectivity index (χ1n) is 5.60. The normalized spacial score (nSPS) is 10.3. The summed E-state index contributed by atoms with van der Waals surface area (Å²) in [5.74, 6) is 1.12. The Kier molecular flexibility index (Phi) is 3.62. The fourth-order valence-corrected chi connectivity index (χ4v) is 1.55. The van der Waals surface area contributed by atoms with E-state index in [1.54, 1.807) is 37.4 Å². The molecule has 0 aliphatic rings. The first-order valence-corrected chi connectivity index (χ1v) is 5.60. The van der Waals surface area contributed by atoms with Crippen molar-refractivity contribution in [3.05, 3.63) is 47.7 Å². The van der Waals surface area contributed by atoms with E-state index in [0.717, 1.165) is 0 Å². The van der Waals surface area contributed by atoms with Crippen LogP contribution in [0.4, 0.5) is 0 Å². The van der Waals surface area contributed by atoms with E-state index in [1.807, 2.05) is 0 Å². The van der Waals surface area contributed by atoms with Gasteiger partial charge >= 0.3 is 0 Å². The van der Waals surface area contributed by atoms with Crippen molar-refractivity contribution >= 4 is 5.91 Å². The predicted molar refractivity (Wildman–Crippen MR) is 64.9 cm³/mol. The van der Waals surface area contributed by atoms with Crippen LogP contribution >= 0.6 is 0 Å². The van der Waals surface area contributed by atoms with E-state index in [4.69, 9.17) is 4.42 Å². The number of carbonyl (C=O) groups is 1. The quantitative estimate of drug-likeness (QED) is 0.858. The van der Waals surface area contributed by atoms with E-state index in [-0.39, 0.29) is 24.6 Å². The average molecular weight is 246 g/mol. The number of aromatic nitrogens is 1. The van der Waals surface area contributed by atoms with Gasteiger partial charge in [0.05, 0.1) is 19.2 Å². The van der Waals surface area contributed by atoms with Crippen molar-refractivity contribution in [2.75, 3.05) is 0 Å². The van der Waals surface area contributed by atoms with Gasteiger partial charge in [0.1, 0.15) is 11.5 Å². The molecule has 0 fully saturated rings. The number of phenols is 1. The molecule has 5 nitrogen and oxygen atoms in total. The van der Waals surface area contributed by atoms with Gasteiger partial charge in [0, 0.05) is 5.56 Å². The summed E-state index contributed by atoms with van der Waals surface area (Å²) in [5.41, 5.74) is 0.596. The Labute approximate surface area is 104 Å². The van der Waals surface area contributed by atoms with Crippen molar-refractivity contribution in [3.63, 3.8) is 0 Å². The zero-order valence-corrected chi connectivity index (χ0v) is 10.0. The number of amides is 1. The molecule has 94 valence electrons. The number of oxazole rings is 1. The first kappa shape index (κ1) is 12.2. The summed E-state index contributed by atoms with van der Waals surface area (Å²) < 4.78 is 5.23. The number of benzene rings is 1. The fraction of sp³-hybridized carbons (Fsp3) is 0.231. The Balaban J connectivity index is 1.88. The van der Waals surface area contributed by atoms with Crippen molar-refractivity contribution in [1.82, 2.24) is 10.3 Å². The lowest BCUT2D eigenvalue weighted by Gasteiger charge is -2.04. The van der Waals surface area contributed by atoms with Crippen molar-refractivity contribution in [2.45, 2.75) is 19.9 Å². The fourth-order valence-electron chi connectivity index (χ4n) is 1.55. The monoisotopic (exact) mass is 246 g/mol. The van der Waals surface area contributed by atoms with Gasteiger partial charge in [-0.1, -0.05) is 18.2 Å². The number of hydrogen-bond acceptors (Lipinski definition) is 4. The minimum Gasteiger partial charge on any atom is -0.508 e. The Morgan fingerprint density at radius 2 is 2.22 bits per heavy atom. The number of rotatable bonds is 4. The van der Waals surface area contributed by atoms with E-state index in [9.17, 15) is 9.90 Å². The van der Waals surface area contributed by atoms with Gasteiger partial charge in [-0.15, -0.1) is 0 Å². The topological polar surface area (TPSA) is 75.4 Å². The number of aromatic hydroxyl groups is 1. The number of aryl methyl sites for hydroxylation is 1. The van der Waals surface area contributed by atoms with Crippen LogP contribution in [0.2, 0.25) is 0 Å². The molecule has 0 aliphatic heterocycles. The standard InChI is InChI=1S/C13H14N2O3/c1-9-7-15-13(18-9)8-14-12(17)6-10-4-2-3-5-11(10)16/h2-5,7,16H,6,8H2,1H3,(H,14,17). The highest BCUT2D eigenvalue weighted by molar-refractivity contribution is 5.79. The second kappa shape index (κ2) is 5.35. The molecule has 0 saturated carbocycles. The molecule has 1 heterocycles. The summed E-state index contributed by atoms with van der Waals surface area (Å²) in [4.78, 5) is 15.6. The van der Waals surface area contributed by atoms with Crippen LogP contribution in [0.15, 0.2) is 34.9 Å². The van der Waals surface area contributed by atoms with Crippen molar-refractivity contribution in [2.24, 2.45) is 0 Å². The summed E-state index contributed by atoms with van der Waals surface area (Å²) in [7, 11) is 0. The first-order chi connectivity index (χ1) is 8.65. The van der Waals surface area contributed by atoms with E-state index in [1.165, 1.54) is 0 Å². The zero-order valence-electron chi connectivity index (χ0n) is 10.0. The number of para-hydroxylation sites is 1. The molecule has 1 amide bonds. The van der Waals surface area contributed by atoms with Crippen LogP contribution in [0.1, 0.15) is 17.2 Å². The second-order valence-electron chi connectivity index (χ2n) is 3.95. The Morgan fingerprint density at radius 3 is 2.89 bits per heavy atom. The molecular weight excluding hydrogens is 232 g/mol. The Hall–Kier alpha value is -2.30. The van der Waals surface area contributed by atoms with E-state index >= 15 is 0 Å². The molecule has 0 aliphatic carbocycles. The van der Waals surface area contributed by atoms with Gasteiger partial charge in [-0.3, -0.25) is 4.79 Å². The molecule has 0 bridgehead atoms. The number of phenolic OH excluding ortho intramolecular Hbond substituents is 1. The Bertz CT molecular complexity index is 549. The SMILES string of the molecule is Cc1cnc(CNC(=O)Cc2ccccc2O)o1. The molecule has 0 spiro atoms. The van der Waals surface area contributed by atoms with Crippen molar-refractivity contribution < 1.29 is 14.3 Å². The molecular formula is C13H14N2O3. The number of carbonyl (C=O) groups excluding carboxylic acids is 1. The van der Waals surface area contributed by atoms with Gasteiger partial charge in [0.2, 0.25) is 11.8 Å². The van der Waals surface area contributed by atoms with Crippen LogP contribution in [-0.2, 0) is 17.8 Å². The number of nitrogens with one attached hydrogen (secondary N) is 1. The lowest BCUT2D eigenvalue weighted by atomic mass is 10.1. The smallest absolute Gasteiger partial charge is 0.224 e. The van der Waals surface area contributed by atoms with Gasteiger partial charge < -0.3 is 14.8 Å². The third-order valence-electron chi connectivity index (χ3n) is 2.45. The van der Waals surface area contributed by atoms with Gasteiger partial charge in [-0.05, 0) is 13.0 Å².